The number of hydrogen-bond donors (Lipinski definition) is 0. The van der Waals surface area contributed by atoms with Crippen molar-refractivity contribution in [3.05, 3.63) is 109 Å². The number of unbranched alkanes of at least 4 members (excludes halogenated alkanes) is 30. The van der Waals surface area contributed by atoms with Crippen molar-refractivity contribution in [2.24, 2.45) is 0 Å². The fourth-order valence-corrected chi connectivity index (χ4v) is 9.10. The van der Waals surface area contributed by atoms with E-state index in [0.717, 1.165) is 128 Å². The van der Waals surface area contributed by atoms with E-state index in [1.165, 1.54) is 141 Å². The van der Waals surface area contributed by atoms with Gasteiger partial charge in [0.05, 0.1) is 0 Å². The molecule has 0 aromatic rings. The molecule has 446 valence electrons. The molecule has 0 aromatic heterocycles. The molecule has 0 bridgehead atoms. The fourth-order valence-electron chi connectivity index (χ4n) is 9.10. The van der Waals surface area contributed by atoms with Crippen LogP contribution in [0.1, 0.15) is 310 Å². The third-order valence-corrected chi connectivity index (χ3v) is 14.0. The van der Waals surface area contributed by atoms with Crippen molar-refractivity contribution in [2.75, 3.05) is 13.2 Å². The number of allylic oxidation sites excluding steroid dienone is 18. The van der Waals surface area contributed by atoms with E-state index in [-0.39, 0.29) is 31.1 Å². The number of ether oxygens (including phenoxy) is 3. The van der Waals surface area contributed by atoms with Crippen molar-refractivity contribution >= 4 is 17.9 Å². The van der Waals surface area contributed by atoms with Gasteiger partial charge in [0.15, 0.2) is 6.10 Å². The summed E-state index contributed by atoms with van der Waals surface area (Å²) < 4.78 is 16.9. The van der Waals surface area contributed by atoms with Gasteiger partial charge in [0.25, 0.3) is 0 Å². The second-order valence-electron chi connectivity index (χ2n) is 21.6. The summed E-state index contributed by atoms with van der Waals surface area (Å²) in [5.74, 6) is -0.899. The molecule has 0 heterocycles. The van der Waals surface area contributed by atoms with Gasteiger partial charge in [-0.15, -0.1) is 0 Å². The van der Waals surface area contributed by atoms with E-state index < -0.39 is 6.10 Å². The van der Waals surface area contributed by atoms with E-state index in [1.54, 1.807) is 0 Å². The van der Waals surface area contributed by atoms with E-state index in [9.17, 15) is 14.4 Å². The summed E-state index contributed by atoms with van der Waals surface area (Å²) in [6.07, 6.45) is 89.6. The fraction of sp³-hybridized carbons (Fsp3) is 0.708. The molecule has 0 N–H and O–H groups in total. The summed E-state index contributed by atoms with van der Waals surface area (Å²) in [5.41, 5.74) is 0. The van der Waals surface area contributed by atoms with Crippen molar-refractivity contribution in [3.63, 3.8) is 0 Å². The number of rotatable bonds is 59. The van der Waals surface area contributed by atoms with Crippen LogP contribution in [-0.2, 0) is 28.6 Å². The normalized spacial score (nSPS) is 12.8. The molecular formula is C72H122O6. The van der Waals surface area contributed by atoms with Crippen LogP contribution in [0.2, 0.25) is 0 Å². The molecule has 0 saturated carbocycles. The van der Waals surface area contributed by atoms with Gasteiger partial charge in [-0.25, -0.2) is 0 Å². The smallest absolute Gasteiger partial charge is 0.306 e. The molecule has 1 atom stereocenters. The molecule has 78 heavy (non-hydrogen) atoms. The van der Waals surface area contributed by atoms with Crippen LogP contribution in [0.15, 0.2) is 109 Å². The van der Waals surface area contributed by atoms with Crippen LogP contribution < -0.4 is 0 Å². The van der Waals surface area contributed by atoms with Gasteiger partial charge in [-0.1, -0.05) is 291 Å². The minimum absolute atomic E-state index is 0.0836. The standard InChI is InChI=1S/C72H122O6/c1-4-7-10-13-16-19-22-24-26-28-30-32-34-35-36-37-39-40-42-44-46-48-50-53-56-59-62-65-71(74)77-68-69(67-76-70(73)64-61-58-55-52-21-18-15-12-9-6-3)78-72(75)66-63-60-57-54-51-49-47-45-43-41-38-33-31-29-27-25-23-20-17-14-11-8-5-2/h7,10,16,19,23-26,29-32,35-36,39-40,44,46,69H,4-6,8-9,11-15,17-18,20-22,27-28,33-34,37-38,41-43,45,47-68H2,1-3H3/b10-7-,19-16-,25-23-,26-24-,31-29-,32-30-,36-35-,40-39-,46-44-. The Morgan fingerprint density at radius 3 is 0.782 bits per heavy atom. The highest BCUT2D eigenvalue weighted by molar-refractivity contribution is 5.71. The summed E-state index contributed by atoms with van der Waals surface area (Å²) in [6.45, 7) is 6.51. The van der Waals surface area contributed by atoms with Crippen LogP contribution in [0.3, 0.4) is 0 Å². The highest BCUT2D eigenvalue weighted by Gasteiger charge is 2.19. The molecule has 0 radical (unpaired) electrons. The van der Waals surface area contributed by atoms with E-state index in [1.807, 2.05) is 0 Å². The molecule has 0 aliphatic heterocycles. The largest absolute Gasteiger partial charge is 0.462 e. The minimum atomic E-state index is -0.788. The van der Waals surface area contributed by atoms with Crippen LogP contribution in [0.25, 0.3) is 0 Å². The van der Waals surface area contributed by atoms with Crippen LogP contribution in [-0.4, -0.2) is 37.2 Å². The van der Waals surface area contributed by atoms with E-state index >= 15 is 0 Å². The molecule has 0 rings (SSSR count). The van der Waals surface area contributed by atoms with Gasteiger partial charge in [0.1, 0.15) is 13.2 Å². The Morgan fingerprint density at radius 2 is 0.500 bits per heavy atom. The Balaban J connectivity index is 4.30. The predicted octanol–water partition coefficient (Wildman–Crippen LogP) is 22.6. The van der Waals surface area contributed by atoms with Crippen LogP contribution in [0.4, 0.5) is 0 Å². The van der Waals surface area contributed by atoms with Gasteiger partial charge < -0.3 is 14.2 Å². The first-order valence-electron chi connectivity index (χ1n) is 32.9. The topological polar surface area (TPSA) is 78.9 Å². The zero-order valence-corrected chi connectivity index (χ0v) is 51.2. The maximum atomic E-state index is 12.9. The van der Waals surface area contributed by atoms with Gasteiger partial charge in [0.2, 0.25) is 0 Å². The van der Waals surface area contributed by atoms with Gasteiger partial charge in [-0.3, -0.25) is 14.4 Å². The average Bonchev–Trinajstić information content (AvgIpc) is 3.44. The van der Waals surface area contributed by atoms with Crippen molar-refractivity contribution < 1.29 is 28.6 Å². The van der Waals surface area contributed by atoms with Gasteiger partial charge in [0, 0.05) is 19.3 Å². The zero-order valence-electron chi connectivity index (χ0n) is 51.2. The first kappa shape index (κ1) is 74.1. The quantitative estimate of drug-likeness (QED) is 0.0261. The lowest BCUT2D eigenvalue weighted by atomic mass is 10.0. The predicted molar refractivity (Wildman–Crippen MR) is 339 cm³/mol. The first-order chi connectivity index (χ1) is 38.5. The molecule has 0 saturated heterocycles. The molecule has 0 aromatic carbocycles. The molecule has 0 spiro atoms. The highest BCUT2D eigenvalue weighted by atomic mass is 16.6. The van der Waals surface area contributed by atoms with Crippen molar-refractivity contribution in [1.82, 2.24) is 0 Å². The molecule has 6 nitrogen and oxygen atoms in total. The molecule has 0 aliphatic rings. The number of esters is 3. The summed E-state index contributed by atoms with van der Waals surface area (Å²) in [4.78, 5) is 38.3. The van der Waals surface area contributed by atoms with E-state index in [4.69, 9.17) is 14.2 Å². The zero-order chi connectivity index (χ0) is 56.4. The SMILES string of the molecule is CC/C=C\C/C=C\C/C=C\C/C=C\C/C=C\C/C=C\C/C=C\CCCCCCCC(=O)OCC(COC(=O)CCCCCCCCCCCC)OC(=O)CCCCCCCCCCCCC/C=C\C/C=C\CCCCCCC. The Morgan fingerprint density at radius 1 is 0.269 bits per heavy atom. The van der Waals surface area contributed by atoms with Crippen molar-refractivity contribution in [2.45, 2.75) is 316 Å². The van der Waals surface area contributed by atoms with Crippen molar-refractivity contribution in [3.8, 4) is 0 Å². The molecule has 0 fully saturated rings. The van der Waals surface area contributed by atoms with E-state index in [2.05, 4.69) is 130 Å². The van der Waals surface area contributed by atoms with Crippen LogP contribution in [0.5, 0.6) is 0 Å². The van der Waals surface area contributed by atoms with Crippen LogP contribution >= 0.6 is 0 Å². The Hall–Kier alpha value is -3.93. The second kappa shape index (κ2) is 65.6. The number of hydrogen-bond acceptors (Lipinski definition) is 6. The maximum absolute atomic E-state index is 12.9. The maximum Gasteiger partial charge on any atom is 0.306 e. The lowest BCUT2D eigenvalue weighted by molar-refractivity contribution is -0.167. The van der Waals surface area contributed by atoms with Gasteiger partial charge >= 0.3 is 17.9 Å². The second-order valence-corrected chi connectivity index (χ2v) is 21.6. The summed E-state index contributed by atoms with van der Waals surface area (Å²) >= 11 is 0. The first-order valence-corrected chi connectivity index (χ1v) is 32.9. The molecule has 1 unspecified atom stereocenters. The Bertz CT molecular complexity index is 1570. The van der Waals surface area contributed by atoms with E-state index in [0.29, 0.717) is 19.3 Å². The lowest BCUT2D eigenvalue weighted by Gasteiger charge is -2.18. The third-order valence-electron chi connectivity index (χ3n) is 14.0. The molecular weight excluding hydrogens is 961 g/mol. The average molecular weight is 1080 g/mol. The highest BCUT2D eigenvalue weighted by Crippen LogP contribution is 2.16. The van der Waals surface area contributed by atoms with Gasteiger partial charge in [-0.05, 0) is 109 Å². The van der Waals surface area contributed by atoms with Crippen molar-refractivity contribution in [1.29, 1.82) is 0 Å². The van der Waals surface area contributed by atoms with Gasteiger partial charge in [-0.2, -0.15) is 0 Å². The minimum Gasteiger partial charge on any atom is -0.462 e. The third kappa shape index (κ3) is 62.9. The Labute approximate surface area is 482 Å². The molecule has 6 heteroatoms. The lowest BCUT2D eigenvalue weighted by Crippen LogP contribution is -2.30. The Kier molecular flexibility index (Phi) is 62.3. The monoisotopic (exact) mass is 1080 g/mol. The summed E-state index contributed by atoms with van der Waals surface area (Å²) in [6, 6.07) is 0. The molecule has 0 amide bonds. The number of carbonyl (C=O) groups excluding carboxylic acids is 3. The van der Waals surface area contributed by atoms with Crippen LogP contribution in [0, 0.1) is 0 Å². The summed E-state index contributed by atoms with van der Waals surface area (Å²) in [7, 11) is 0. The summed E-state index contributed by atoms with van der Waals surface area (Å²) in [5, 5.41) is 0. The molecule has 0 aliphatic carbocycles. The number of carbonyl (C=O) groups is 3.